The van der Waals surface area contributed by atoms with Gasteiger partial charge in [0.25, 0.3) is 5.91 Å². The van der Waals surface area contributed by atoms with Crippen LogP contribution in [0.4, 0.5) is 0 Å². The van der Waals surface area contributed by atoms with Crippen molar-refractivity contribution >= 4 is 5.91 Å². The maximum atomic E-state index is 12.2. The minimum absolute atomic E-state index is 0.142. The zero-order chi connectivity index (χ0) is 20.4. The van der Waals surface area contributed by atoms with Crippen LogP contribution < -0.4 is 14.8 Å². The summed E-state index contributed by atoms with van der Waals surface area (Å²) in [6.07, 6.45) is 0.142. The van der Waals surface area contributed by atoms with Crippen molar-refractivity contribution in [2.75, 3.05) is 13.2 Å². The molecule has 6 nitrogen and oxygen atoms in total. The van der Waals surface area contributed by atoms with Crippen LogP contribution in [0.15, 0.2) is 42.5 Å². The van der Waals surface area contributed by atoms with Crippen LogP contribution in [0, 0.1) is 11.3 Å². The number of carbonyl (C=O) groups excluding carboxylic acids is 1. The van der Waals surface area contributed by atoms with Crippen molar-refractivity contribution in [3.8, 4) is 17.6 Å². The van der Waals surface area contributed by atoms with Crippen LogP contribution in [0.1, 0.15) is 37.5 Å². The minimum Gasteiger partial charge on any atom is -0.490 e. The SMILES string of the molecule is CCOc1cc(C#N)ccc1OCC(=O)NCc1ccccc1COC(C)C. The lowest BCUT2D eigenvalue weighted by Gasteiger charge is -2.14. The van der Waals surface area contributed by atoms with Gasteiger partial charge < -0.3 is 19.5 Å². The predicted molar refractivity (Wildman–Crippen MR) is 106 cm³/mol. The second-order valence-electron chi connectivity index (χ2n) is 6.40. The quantitative estimate of drug-likeness (QED) is 0.679. The Kier molecular flexibility index (Phi) is 8.32. The summed E-state index contributed by atoms with van der Waals surface area (Å²) < 4.78 is 16.7. The van der Waals surface area contributed by atoms with Crippen molar-refractivity contribution in [3.63, 3.8) is 0 Å². The van der Waals surface area contributed by atoms with E-state index >= 15 is 0 Å². The van der Waals surface area contributed by atoms with E-state index in [2.05, 4.69) is 11.4 Å². The first-order valence-corrected chi connectivity index (χ1v) is 9.28. The van der Waals surface area contributed by atoms with E-state index in [9.17, 15) is 4.79 Å². The molecule has 0 radical (unpaired) electrons. The molecule has 0 fully saturated rings. The summed E-state index contributed by atoms with van der Waals surface area (Å²) in [5, 5.41) is 11.8. The van der Waals surface area contributed by atoms with Gasteiger partial charge in [0.05, 0.1) is 31.0 Å². The summed E-state index contributed by atoms with van der Waals surface area (Å²) in [6.45, 7) is 7.01. The smallest absolute Gasteiger partial charge is 0.258 e. The summed E-state index contributed by atoms with van der Waals surface area (Å²) >= 11 is 0. The highest BCUT2D eigenvalue weighted by Gasteiger charge is 2.10. The minimum atomic E-state index is -0.244. The van der Waals surface area contributed by atoms with Gasteiger partial charge in [0.2, 0.25) is 0 Å². The number of nitriles is 1. The molecule has 0 saturated heterocycles. The monoisotopic (exact) mass is 382 g/mol. The topological polar surface area (TPSA) is 80.6 Å². The molecule has 6 heteroatoms. The predicted octanol–water partition coefficient (Wildman–Crippen LogP) is 3.58. The van der Waals surface area contributed by atoms with Gasteiger partial charge in [-0.15, -0.1) is 0 Å². The van der Waals surface area contributed by atoms with Crippen molar-refractivity contribution in [1.82, 2.24) is 5.32 Å². The van der Waals surface area contributed by atoms with Gasteiger partial charge in [-0.2, -0.15) is 5.26 Å². The first kappa shape index (κ1) is 21.3. The molecule has 0 aromatic heterocycles. The third-order valence-corrected chi connectivity index (χ3v) is 3.90. The Hall–Kier alpha value is -3.04. The third kappa shape index (κ3) is 6.60. The largest absolute Gasteiger partial charge is 0.490 e. The Balaban J connectivity index is 1.91. The summed E-state index contributed by atoms with van der Waals surface area (Å²) in [5.74, 6) is 0.638. The highest BCUT2D eigenvalue weighted by atomic mass is 16.5. The van der Waals surface area contributed by atoms with Gasteiger partial charge >= 0.3 is 0 Å². The summed E-state index contributed by atoms with van der Waals surface area (Å²) in [4.78, 5) is 12.2. The molecule has 148 valence electrons. The second kappa shape index (κ2) is 11.0. The molecule has 0 aliphatic rings. The molecule has 28 heavy (non-hydrogen) atoms. The first-order chi connectivity index (χ1) is 13.5. The fourth-order valence-corrected chi connectivity index (χ4v) is 2.48. The van der Waals surface area contributed by atoms with Gasteiger partial charge in [-0.25, -0.2) is 0 Å². The zero-order valence-electron chi connectivity index (χ0n) is 16.5. The molecule has 0 aliphatic carbocycles. The van der Waals surface area contributed by atoms with Crippen LogP contribution in [-0.2, 0) is 22.7 Å². The lowest BCUT2D eigenvalue weighted by Crippen LogP contribution is -2.29. The Labute approximate surface area is 166 Å². The number of nitrogens with one attached hydrogen (secondary N) is 1. The molecule has 2 aromatic carbocycles. The molecular weight excluding hydrogens is 356 g/mol. The van der Waals surface area contributed by atoms with E-state index in [1.807, 2.05) is 45.0 Å². The molecule has 0 unspecified atom stereocenters. The van der Waals surface area contributed by atoms with E-state index in [4.69, 9.17) is 19.5 Å². The molecule has 0 heterocycles. The molecular formula is C22H26N2O4. The molecule has 0 bridgehead atoms. The van der Waals surface area contributed by atoms with Gasteiger partial charge in [0.1, 0.15) is 0 Å². The van der Waals surface area contributed by atoms with Crippen LogP contribution in [0.25, 0.3) is 0 Å². The van der Waals surface area contributed by atoms with Crippen molar-refractivity contribution in [1.29, 1.82) is 5.26 Å². The van der Waals surface area contributed by atoms with Crippen molar-refractivity contribution in [2.24, 2.45) is 0 Å². The van der Waals surface area contributed by atoms with Crippen molar-refractivity contribution in [2.45, 2.75) is 40.0 Å². The van der Waals surface area contributed by atoms with Gasteiger partial charge in [-0.05, 0) is 44.0 Å². The molecule has 1 amide bonds. The number of hydrogen-bond donors (Lipinski definition) is 1. The van der Waals surface area contributed by atoms with Gasteiger partial charge in [-0.3, -0.25) is 4.79 Å². The number of ether oxygens (including phenoxy) is 3. The maximum absolute atomic E-state index is 12.2. The third-order valence-electron chi connectivity index (χ3n) is 3.90. The number of amides is 1. The maximum Gasteiger partial charge on any atom is 0.258 e. The van der Waals surface area contributed by atoms with E-state index in [0.717, 1.165) is 11.1 Å². The molecule has 1 N–H and O–H groups in total. The average Bonchev–Trinajstić information content (AvgIpc) is 2.70. The number of benzene rings is 2. The number of hydrogen-bond acceptors (Lipinski definition) is 5. The van der Waals surface area contributed by atoms with E-state index in [0.29, 0.717) is 36.8 Å². The van der Waals surface area contributed by atoms with Crippen LogP contribution in [0.3, 0.4) is 0 Å². The molecule has 0 atom stereocenters. The standard InChI is InChI=1S/C22H26N2O4/c1-4-26-21-11-17(12-23)9-10-20(21)28-15-22(25)24-13-18-7-5-6-8-19(18)14-27-16(2)3/h5-11,16H,4,13-15H2,1-3H3,(H,24,25). The Morgan fingerprint density at radius 2 is 1.86 bits per heavy atom. The van der Waals surface area contributed by atoms with Gasteiger partial charge in [-0.1, -0.05) is 24.3 Å². The Bertz CT molecular complexity index is 828. The number of rotatable bonds is 10. The number of nitrogens with zero attached hydrogens (tertiary/aromatic N) is 1. The summed E-state index contributed by atoms with van der Waals surface area (Å²) in [7, 11) is 0. The zero-order valence-corrected chi connectivity index (χ0v) is 16.5. The molecule has 0 aliphatic heterocycles. The summed E-state index contributed by atoms with van der Waals surface area (Å²) in [6, 6.07) is 14.8. The second-order valence-corrected chi connectivity index (χ2v) is 6.40. The first-order valence-electron chi connectivity index (χ1n) is 9.28. The van der Waals surface area contributed by atoms with Crippen LogP contribution in [0.2, 0.25) is 0 Å². The molecule has 0 spiro atoms. The van der Waals surface area contributed by atoms with E-state index < -0.39 is 0 Å². The lowest BCUT2D eigenvalue weighted by atomic mass is 10.1. The lowest BCUT2D eigenvalue weighted by molar-refractivity contribution is -0.123. The van der Waals surface area contributed by atoms with E-state index in [1.165, 1.54) is 0 Å². The van der Waals surface area contributed by atoms with E-state index in [1.54, 1.807) is 18.2 Å². The van der Waals surface area contributed by atoms with Crippen LogP contribution in [0.5, 0.6) is 11.5 Å². The van der Waals surface area contributed by atoms with Crippen molar-refractivity contribution < 1.29 is 19.0 Å². The van der Waals surface area contributed by atoms with Gasteiger partial charge in [0.15, 0.2) is 18.1 Å². The number of carbonyl (C=O) groups is 1. The van der Waals surface area contributed by atoms with Gasteiger partial charge in [0, 0.05) is 12.6 Å². The van der Waals surface area contributed by atoms with Crippen LogP contribution in [-0.4, -0.2) is 25.2 Å². The van der Waals surface area contributed by atoms with E-state index in [-0.39, 0.29) is 18.6 Å². The molecule has 2 aromatic rings. The highest BCUT2D eigenvalue weighted by Crippen LogP contribution is 2.28. The van der Waals surface area contributed by atoms with Crippen LogP contribution >= 0.6 is 0 Å². The molecule has 2 rings (SSSR count). The average molecular weight is 382 g/mol. The fourth-order valence-electron chi connectivity index (χ4n) is 2.48. The molecule has 0 saturated carbocycles. The fraction of sp³-hybridized carbons (Fsp3) is 0.364. The highest BCUT2D eigenvalue weighted by molar-refractivity contribution is 5.77. The Morgan fingerprint density at radius 3 is 2.54 bits per heavy atom. The summed E-state index contributed by atoms with van der Waals surface area (Å²) in [5.41, 5.74) is 2.52. The van der Waals surface area contributed by atoms with Crippen molar-refractivity contribution in [3.05, 3.63) is 59.2 Å². The Morgan fingerprint density at radius 1 is 1.11 bits per heavy atom. The normalized spacial score (nSPS) is 10.4.